The van der Waals surface area contributed by atoms with Crippen LogP contribution in [0.4, 0.5) is 0 Å². The first kappa shape index (κ1) is 31.5. The fourth-order valence-corrected chi connectivity index (χ4v) is 5.29. The molecule has 0 saturated carbocycles. The Morgan fingerprint density at radius 3 is 0.919 bits per heavy atom. The van der Waals surface area contributed by atoms with Crippen molar-refractivity contribution in [3.63, 3.8) is 0 Å². The predicted molar refractivity (Wildman–Crippen MR) is 161 cm³/mol. The van der Waals surface area contributed by atoms with Crippen LogP contribution in [-0.2, 0) is 0 Å². The molecule has 0 radical (unpaired) electrons. The van der Waals surface area contributed by atoms with Crippen molar-refractivity contribution >= 4 is 0 Å². The third-order valence-corrected chi connectivity index (χ3v) is 7.60. The quantitative estimate of drug-likeness (QED) is 0.220. The first-order valence-corrected chi connectivity index (χ1v) is 14.2. The van der Waals surface area contributed by atoms with Gasteiger partial charge in [-0.25, -0.2) is 0 Å². The van der Waals surface area contributed by atoms with Gasteiger partial charge in [0.1, 0.15) is 0 Å². The Hall–Kier alpha value is -1.74. The van der Waals surface area contributed by atoms with E-state index in [1.807, 2.05) is 0 Å². The Morgan fingerprint density at radius 2 is 0.703 bits per heavy atom. The van der Waals surface area contributed by atoms with E-state index in [0.717, 1.165) is 0 Å². The van der Waals surface area contributed by atoms with Crippen LogP contribution in [-0.4, -0.2) is 0 Å². The minimum Gasteiger partial charge on any atom is -0.129 e. The van der Waals surface area contributed by atoms with E-state index in [1.165, 1.54) is 55.6 Å². The van der Waals surface area contributed by atoms with Crippen molar-refractivity contribution in [1.82, 2.24) is 0 Å². The van der Waals surface area contributed by atoms with Crippen molar-refractivity contribution in [2.24, 2.45) is 0 Å². The van der Waals surface area contributed by atoms with Gasteiger partial charge in [-0.2, -0.15) is 0 Å². The van der Waals surface area contributed by atoms with Gasteiger partial charge >= 0.3 is 18.9 Å². The number of hydrogen-bond acceptors (Lipinski definition) is 0. The minimum absolute atomic E-state index is 0. The fraction of sp³-hybridized carbons (Fsp3) is 0.500. The molecule has 0 aliphatic heterocycles. The summed E-state index contributed by atoms with van der Waals surface area (Å²) in [5, 5.41) is 0. The van der Waals surface area contributed by atoms with Crippen LogP contribution < -0.4 is 18.9 Å². The van der Waals surface area contributed by atoms with Gasteiger partial charge in [-0.15, -0.1) is 35.4 Å². The summed E-state index contributed by atoms with van der Waals surface area (Å²) in [4.78, 5) is 0. The van der Waals surface area contributed by atoms with Crippen LogP contribution in [0.1, 0.15) is 152 Å². The van der Waals surface area contributed by atoms with Crippen LogP contribution in [0.25, 0.3) is 22.3 Å². The monoisotopic (exact) mass is 488 g/mol. The molecular formula is C36H49Li. The molecule has 0 atom stereocenters. The molecule has 3 rings (SSSR count). The first-order valence-electron chi connectivity index (χ1n) is 14.2. The van der Waals surface area contributed by atoms with Crippen molar-refractivity contribution in [3.8, 4) is 22.3 Å². The molecule has 0 bridgehead atoms. The maximum Gasteiger partial charge on any atom is 1.00 e. The van der Waals surface area contributed by atoms with Gasteiger partial charge in [0.2, 0.25) is 0 Å². The average molecular weight is 489 g/mol. The Balaban J connectivity index is 0.00000481. The first-order chi connectivity index (χ1) is 16.8. The molecule has 0 saturated heterocycles. The molecule has 0 unspecified atom stereocenters. The van der Waals surface area contributed by atoms with Crippen molar-refractivity contribution in [2.75, 3.05) is 0 Å². The number of hydrogen-bond donors (Lipinski definition) is 0. The van der Waals surface area contributed by atoms with Gasteiger partial charge in [-0.3, -0.25) is 0 Å². The molecule has 3 aromatic rings. The van der Waals surface area contributed by atoms with Crippen molar-refractivity contribution < 1.29 is 18.9 Å². The van der Waals surface area contributed by atoms with Gasteiger partial charge in [0.25, 0.3) is 0 Å². The zero-order valence-corrected chi connectivity index (χ0v) is 26.0. The molecule has 0 heterocycles. The van der Waals surface area contributed by atoms with Crippen LogP contribution in [0.3, 0.4) is 0 Å². The van der Waals surface area contributed by atoms with Gasteiger partial charge in [0.05, 0.1) is 0 Å². The van der Waals surface area contributed by atoms with E-state index >= 15 is 0 Å². The Kier molecular flexibility index (Phi) is 10.9. The van der Waals surface area contributed by atoms with E-state index in [1.54, 1.807) is 0 Å². The second kappa shape index (κ2) is 12.9. The summed E-state index contributed by atoms with van der Waals surface area (Å²) < 4.78 is 0. The third kappa shape index (κ3) is 6.83. The second-order valence-electron chi connectivity index (χ2n) is 12.6. The molecule has 0 aliphatic rings. The molecule has 0 spiro atoms. The van der Waals surface area contributed by atoms with Crippen molar-refractivity contribution in [2.45, 2.75) is 119 Å². The van der Waals surface area contributed by atoms with E-state index in [9.17, 15) is 0 Å². The number of benzene rings is 3. The normalized spacial score (nSPS) is 11.9. The van der Waals surface area contributed by atoms with Crippen LogP contribution in [0.15, 0.2) is 42.5 Å². The van der Waals surface area contributed by atoms with Crippen LogP contribution in [0.5, 0.6) is 0 Å². The second-order valence-corrected chi connectivity index (χ2v) is 12.6. The van der Waals surface area contributed by atoms with Crippen LogP contribution in [0.2, 0.25) is 0 Å². The Bertz CT molecular complexity index is 1040. The summed E-state index contributed by atoms with van der Waals surface area (Å²) in [7, 11) is 0. The third-order valence-electron chi connectivity index (χ3n) is 7.60. The maximum atomic E-state index is 3.96. The van der Waals surface area contributed by atoms with E-state index in [-0.39, 0.29) is 18.9 Å². The Morgan fingerprint density at radius 1 is 0.432 bits per heavy atom. The molecule has 37 heavy (non-hydrogen) atoms. The minimum atomic E-state index is 0. The van der Waals surface area contributed by atoms with Gasteiger partial charge in [-0.1, -0.05) is 141 Å². The molecule has 3 aromatic carbocycles. The van der Waals surface area contributed by atoms with Crippen molar-refractivity contribution in [1.29, 1.82) is 0 Å². The van der Waals surface area contributed by atoms with Crippen LogP contribution >= 0.6 is 0 Å². The summed E-state index contributed by atoms with van der Waals surface area (Å²) in [6.45, 7) is 27.8. The maximum absolute atomic E-state index is 3.96. The summed E-state index contributed by atoms with van der Waals surface area (Å²) in [5.41, 5.74) is 13.9. The van der Waals surface area contributed by atoms with Gasteiger partial charge < -0.3 is 0 Å². The molecule has 0 fully saturated rings. The zero-order chi connectivity index (χ0) is 26.9. The zero-order valence-electron chi connectivity index (χ0n) is 26.0. The van der Waals surface area contributed by atoms with E-state index in [4.69, 9.17) is 0 Å². The summed E-state index contributed by atoms with van der Waals surface area (Å²) in [5.74, 6) is 2.86. The summed E-state index contributed by atoms with van der Waals surface area (Å²) in [6.07, 6.45) is 0. The summed E-state index contributed by atoms with van der Waals surface area (Å²) in [6, 6.07) is 20.6. The Labute approximate surface area is 240 Å². The van der Waals surface area contributed by atoms with Crippen molar-refractivity contribution in [3.05, 3.63) is 81.9 Å². The number of rotatable bonds is 8. The largest absolute Gasteiger partial charge is 1.00 e. The molecular weight excluding hydrogens is 439 g/mol. The fourth-order valence-electron chi connectivity index (χ4n) is 5.29. The van der Waals surface area contributed by atoms with Gasteiger partial charge in [0, 0.05) is 0 Å². The molecule has 0 amide bonds. The summed E-state index contributed by atoms with van der Waals surface area (Å²) >= 11 is 0. The average Bonchev–Trinajstić information content (AvgIpc) is 2.81. The van der Waals surface area contributed by atoms with E-state index in [0.29, 0.717) is 35.5 Å². The topological polar surface area (TPSA) is 0 Å². The molecule has 0 aliphatic carbocycles. The molecule has 0 nitrogen and oxygen atoms in total. The molecule has 0 aromatic heterocycles. The van der Waals surface area contributed by atoms with Gasteiger partial charge in [0.15, 0.2) is 0 Å². The SMILES string of the molecule is CC(C)c1cc(C(C)C)c(-c2[c-]c(-c3c(C(C)C)cc(C(C)C)cc3C(C)C)ccc2)c(C(C)C)c1.[Li+]. The van der Waals surface area contributed by atoms with E-state index < -0.39 is 0 Å². The smallest absolute Gasteiger partial charge is 0.129 e. The van der Waals surface area contributed by atoms with Crippen LogP contribution in [0, 0.1) is 6.07 Å². The molecule has 0 N–H and O–H groups in total. The molecule has 1 heteroatoms. The van der Waals surface area contributed by atoms with E-state index in [2.05, 4.69) is 132 Å². The predicted octanol–water partition coefficient (Wildman–Crippen LogP) is 8.57. The standard InChI is InChI=1S/C36H49.Li/c1-21(2)29-17-31(23(5)6)35(32(18-29)24(7)8)27-14-13-15-28(16-27)36-33(25(9)10)19-30(22(3)4)20-34(36)26(11)12;/h13-15,17-26H,1-12H3;/q-1;+1. The van der Waals surface area contributed by atoms with Gasteiger partial charge in [-0.05, 0) is 46.6 Å². The molecule has 194 valence electrons.